The molecule has 9 nitrogen and oxygen atoms in total. The maximum atomic E-state index is 12.4. The summed E-state index contributed by atoms with van der Waals surface area (Å²) in [4.78, 5) is 38.5. The van der Waals surface area contributed by atoms with E-state index in [1.807, 2.05) is 31.3 Å². The first-order chi connectivity index (χ1) is 18.8. The number of amides is 3. The highest BCUT2D eigenvalue weighted by atomic mass is 16.5. The molecular formula is C30H34N4O5. The number of nitrogens with zero attached hydrogens (tertiary/aromatic N) is 1. The highest BCUT2D eigenvalue weighted by molar-refractivity contribution is 5.97. The molecule has 1 fully saturated rings. The summed E-state index contributed by atoms with van der Waals surface area (Å²) < 4.78 is 0. The Bertz CT molecular complexity index is 1260. The predicted octanol–water partition coefficient (Wildman–Crippen LogP) is 2.28. The summed E-state index contributed by atoms with van der Waals surface area (Å²) >= 11 is 0. The lowest BCUT2D eigenvalue weighted by atomic mass is 9.94. The van der Waals surface area contributed by atoms with Crippen LogP contribution < -0.4 is 16.1 Å². The van der Waals surface area contributed by atoms with Gasteiger partial charge in [-0.05, 0) is 87.2 Å². The summed E-state index contributed by atoms with van der Waals surface area (Å²) in [7, 11) is 2.01. The lowest BCUT2D eigenvalue weighted by Crippen LogP contribution is -2.51. The van der Waals surface area contributed by atoms with E-state index in [2.05, 4.69) is 39.2 Å². The van der Waals surface area contributed by atoms with Crippen LogP contribution in [0.4, 0.5) is 5.69 Å². The van der Waals surface area contributed by atoms with Crippen LogP contribution in [0, 0.1) is 23.7 Å². The van der Waals surface area contributed by atoms with Crippen LogP contribution in [-0.2, 0) is 9.59 Å². The minimum absolute atomic E-state index is 0.0327. The van der Waals surface area contributed by atoms with Crippen molar-refractivity contribution in [2.75, 3.05) is 18.9 Å². The number of carbonyl (C=O) groups is 3. The van der Waals surface area contributed by atoms with Gasteiger partial charge in [-0.2, -0.15) is 0 Å². The van der Waals surface area contributed by atoms with Crippen LogP contribution in [0.15, 0.2) is 48.5 Å². The van der Waals surface area contributed by atoms with E-state index in [4.69, 9.17) is 5.21 Å². The zero-order valence-corrected chi connectivity index (χ0v) is 22.2. The maximum absolute atomic E-state index is 12.4. The third-order valence-corrected chi connectivity index (χ3v) is 6.54. The van der Waals surface area contributed by atoms with E-state index < -0.39 is 24.0 Å². The van der Waals surface area contributed by atoms with Crippen molar-refractivity contribution in [1.82, 2.24) is 15.7 Å². The van der Waals surface area contributed by atoms with Crippen LogP contribution in [0.2, 0.25) is 0 Å². The molecule has 9 heteroatoms. The molecule has 2 aromatic carbocycles. The summed E-state index contributed by atoms with van der Waals surface area (Å²) in [6.45, 7) is 1.70. The quantitative estimate of drug-likeness (QED) is 0.202. The minimum Gasteiger partial charge on any atom is -0.391 e. The van der Waals surface area contributed by atoms with Gasteiger partial charge in [-0.15, -0.1) is 0 Å². The van der Waals surface area contributed by atoms with Gasteiger partial charge in [0.1, 0.15) is 6.04 Å². The van der Waals surface area contributed by atoms with Crippen molar-refractivity contribution in [3.63, 3.8) is 0 Å². The molecule has 1 aliphatic rings. The van der Waals surface area contributed by atoms with Gasteiger partial charge in [0.05, 0.1) is 12.6 Å². The Morgan fingerprint density at radius 2 is 1.51 bits per heavy atom. The average Bonchev–Trinajstić information content (AvgIpc) is 2.95. The zero-order chi connectivity index (χ0) is 28.2. The van der Waals surface area contributed by atoms with E-state index >= 15 is 0 Å². The fraction of sp³-hybridized carbons (Fsp3) is 0.367. The number of carbonyl (C=O) groups excluding carboxylic acids is 3. The largest absolute Gasteiger partial charge is 0.391 e. The second kappa shape index (κ2) is 14.7. The van der Waals surface area contributed by atoms with Crippen molar-refractivity contribution in [1.29, 1.82) is 0 Å². The number of aliphatic hydroxyl groups excluding tert-OH is 1. The molecule has 39 heavy (non-hydrogen) atoms. The van der Waals surface area contributed by atoms with Crippen molar-refractivity contribution >= 4 is 23.4 Å². The normalized spacial score (nSPS) is 14.6. The fourth-order valence-corrected chi connectivity index (χ4v) is 4.33. The Kier molecular flexibility index (Phi) is 11.1. The fourth-order valence-electron chi connectivity index (χ4n) is 4.33. The third-order valence-electron chi connectivity index (χ3n) is 6.54. The van der Waals surface area contributed by atoms with Crippen LogP contribution in [0.1, 0.15) is 60.5 Å². The van der Waals surface area contributed by atoms with Crippen LogP contribution >= 0.6 is 0 Å². The van der Waals surface area contributed by atoms with E-state index in [0.29, 0.717) is 18.2 Å². The van der Waals surface area contributed by atoms with Crippen LogP contribution in [0.3, 0.4) is 0 Å². The average molecular weight is 531 g/mol. The van der Waals surface area contributed by atoms with E-state index in [0.717, 1.165) is 24.1 Å². The first-order valence-corrected chi connectivity index (χ1v) is 12.9. The Hall–Kier alpha value is -4.15. The summed E-state index contributed by atoms with van der Waals surface area (Å²) in [5.74, 6) is 9.87. The first-order valence-electron chi connectivity index (χ1n) is 12.9. The summed E-state index contributed by atoms with van der Waals surface area (Å²) in [5, 5.41) is 23.7. The lowest BCUT2D eigenvalue weighted by molar-refractivity contribution is -0.133. The SMILES string of the molecule is C[C@@H](O)[C@H](NC(=O)c1ccc(C#CC#Cc2ccc(NC(=O)CN(C)C3CCCCC3)cc2)cc1)C(=O)NO. The van der Waals surface area contributed by atoms with Gasteiger partial charge in [0.25, 0.3) is 11.8 Å². The van der Waals surface area contributed by atoms with Gasteiger partial charge >= 0.3 is 0 Å². The van der Waals surface area contributed by atoms with Crippen molar-refractivity contribution in [2.45, 2.75) is 57.2 Å². The molecule has 1 saturated carbocycles. The topological polar surface area (TPSA) is 131 Å². The van der Waals surface area contributed by atoms with Gasteiger partial charge in [0, 0.05) is 28.4 Å². The number of aliphatic hydroxyl groups is 1. The number of anilines is 1. The monoisotopic (exact) mass is 530 g/mol. The van der Waals surface area contributed by atoms with Gasteiger partial charge in [-0.3, -0.25) is 24.5 Å². The Balaban J connectivity index is 1.50. The molecule has 0 spiro atoms. The molecule has 3 amide bonds. The minimum atomic E-state index is -1.30. The van der Waals surface area contributed by atoms with Crippen molar-refractivity contribution in [2.24, 2.45) is 0 Å². The predicted molar refractivity (Wildman–Crippen MR) is 148 cm³/mol. The van der Waals surface area contributed by atoms with Crippen molar-refractivity contribution in [3.05, 3.63) is 65.2 Å². The molecule has 0 heterocycles. The smallest absolute Gasteiger partial charge is 0.268 e. The molecule has 5 N–H and O–H groups in total. The Morgan fingerprint density at radius 1 is 0.949 bits per heavy atom. The third kappa shape index (κ3) is 9.27. The summed E-state index contributed by atoms with van der Waals surface area (Å²) in [6, 6.07) is 12.8. The molecule has 0 bridgehead atoms. The molecule has 0 aromatic heterocycles. The van der Waals surface area contributed by atoms with Gasteiger partial charge < -0.3 is 15.7 Å². The number of hydroxylamine groups is 1. The van der Waals surface area contributed by atoms with Crippen LogP contribution in [0.5, 0.6) is 0 Å². The van der Waals surface area contributed by atoms with Gasteiger partial charge in [-0.25, -0.2) is 5.48 Å². The zero-order valence-electron chi connectivity index (χ0n) is 22.2. The number of likely N-dealkylation sites (N-methyl/N-ethyl adjacent to an activating group) is 1. The van der Waals surface area contributed by atoms with Gasteiger partial charge in [0.15, 0.2) is 0 Å². The maximum Gasteiger partial charge on any atom is 0.268 e. The summed E-state index contributed by atoms with van der Waals surface area (Å²) in [5.41, 5.74) is 3.79. The molecule has 1 aliphatic carbocycles. The number of hydrogen-bond donors (Lipinski definition) is 5. The standard InChI is InChI=1S/C30H34N4O5/c1-21(35)28(30(38)33-39)32-29(37)24-16-12-22(13-17-24)8-6-7-9-23-14-18-25(19-15-23)31-27(36)20-34(2)26-10-4-3-5-11-26/h12-19,21,26,28,35,39H,3-5,10-11,20H2,1-2H3,(H,31,36)(H,32,37)(H,33,38)/t21-,28+/m1/s1. The molecule has 2 aromatic rings. The van der Waals surface area contributed by atoms with E-state index in [1.54, 1.807) is 12.1 Å². The first kappa shape index (κ1) is 29.4. The molecule has 0 saturated heterocycles. The van der Waals surface area contributed by atoms with Crippen molar-refractivity contribution < 1.29 is 24.7 Å². The molecule has 0 aliphatic heterocycles. The van der Waals surface area contributed by atoms with Gasteiger partial charge in [-0.1, -0.05) is 31.1 Å². The Morgan fingerprint density at radius 3 is 2.05 bits per heavy atom. The number of nitrogens with one attached hydrogen (secondary N) is 3. The molecule has 204 valence electrons. The lowest BCUT2D eigenvalue weighted by Gasteiger charge is -2.30. The highest BCUT2D eigenvalue weighted by Gasteiger charge is 2.25. The number of rotatable bonds is 8. The molecule has 2 atom stereocenters. The van der Waals surface area contributed by atoms with Crippen LogP contribution in [-0.4, -0.2) is 64.7 Å². The Labute approximate surface area is 228 Å². The highest BCUT2D eigenvalue weighted by Crippen LogP contribution is 2.21. The number of benzene rings is 2. The van der Waals surface area contributed by atoms with E-state index in [9.17, 15) is 19.5 Å². The summed E-state index contributed by atoms with van der Waals surface area (Å²) in [6.07, 6.45) is 4.86. The van der Waals surface area contributed by atoms with Gasteiger partial charge in [0.2, 0.25) is 5.91 Å². The van der Waals surface area contributed by atoms with Crippen molar-refractivity contribution in [3.8, 4) is 23.7 Å². The second-order valence-electron chi connectivity index (χ2n) is 9.58. The molecule has 3 rings (SSSR count). The molecule has 0 unspecified atom stereocenters. The van der Waals surface area contributed by atoms with E-state index in [-0.39, 0.29) is 11.5 Å². The molecule has 0 radical (unpaired) electrons. The van der Waals surface area contributed by atoms with E-state index in [1.165, 1.54) is 43.8 Å². The second-order valence-corrected chi connectivity index (χ2v) is 9.58. The molecular weight excluding hydrogens is 496 g/mol. The van der Waals surface area contributed by atoms with Crippen LogP contribution in [0.25, 0.3) is 0 Å². The number of hydrogen-bond acceptors (Lipinski definition) is 6.